The Hall–Kier alpha value is -1.47. The van der Waals surface area contributed by atoms with E-state index in [1.54, 1.807) is 0 Å². The summed E-state index contributed by atoms with van der Waals surface area (Å²) in [6.07, 6.45) is 3.76. The molecule has 0 fully saturated rings. The predicted octanol–water partition coefficient (Wildman–Crippen LogP) is -0.736. The normalized spacial score (nSPS) is 19.3. The highest BCUT2D eigenvalue weighted by Crippen LogP contribution is 2.10. The van der Waals surface area contributed by atoms with Crippen molar-refractivity contribution < 1.29 is 4.79 Å². The van der Waals surface area contributed by atoms with Crippen LogP contribution < -0.4 is 16.4 Å². The molecule has 4 N–H and O–H groups in total. The summed E-state index contributed by atoms with van der Waals surface area (Å²) in [5, 5.41) is 14.4. The summed E-state index contributed by atoms with van der Waals surface area (Å²) in [5.41, 5.74) is 5.42. The highest BCUT2D eigenvalue weighted by molar-refractivity contribution is 7.15. The van der Waals surface area contributed by atoms with Crippen LogP contribution in [0, 0.1) is 0 Å². The molecule has 6 nitrogen and oxygen atoms in total. The molecule has 0 bridgehead atoms. The lowest BCUT2D eigenvalue weighted by atomic mass is 10.3. The minimum atomic E-state index is -0.227. The van der Waals surface area contributed by atoms with Gasteiger partial charge in [0, 0.05) is 6.54 Å². The van der Waals surface area contributed by atoms with Crippen LogP contribution in [0.2, 0.25) is 0 Å². The Morgan fingerprint density at radius 1 is 1.73 bits per heavy atom. The fourth-order valence-electron chi connectivity index (χ4n) is 1.26. The summed E-state index contributed by atoms with van der Waals surface area (Å²) in [4.78, 5) is 11.5. The second-order valence-electron chi connectivity index (χ2n) is 3.07. The fraction of sp³-hybridized carbons (Fsp3) is 0.375. The SMILES string of the molecule is Nc1nnc(CNC(=O)C2C=CCN2)s1. The van der Waals surface area contributed by atoms with Crippen molar-refractivity contribution in [3.05, 3.63) is 17.2 Å². The summed E-state index contributed by atoms with van der Waals surface area (Å²) in [5.74, 6) is -0.0579. The van der Waals surface area contributed by atoms with Crippen molar-refractivity contribution in [2.24, 2.45) is 0 Å². The quantitative estimate of drug-likeness (QED) is 0.589. The maximum absolute atomic E-state index is 11.5. The number of carbonyl (C=O) groups is 1. The highest BCUT2D eigenvalue weighted by atomic mass is 32.1. The van der Waals surface area contributed by atoms with Crippen LogP contribution >= 0.6 is 11.3 Å². The third-order valence-electron chi connectivity index (χ3n) is 1.96. The topological polar surface area (TPSA) is 92.9 Å². The molecule has 1 aliphatic rings. The van der Waals surface area contributed by atoms with E-state index in [0.717, 1.165) is 6.54 Å². The first kappa shape index (κ1) is 10.1. The number of carbonyl (C=O) groups excluding carboxylic acids is 1. The Morgan fingerprint density at radius 2 is 2.60 bits per heavy atom. The molecule has 1 aromatic heterocycles. The zero-order chi connectivity index (χ0) is 10.7. The van der Waals surface area contributed by atoms with Crippen LogP contribution in [0.5, 0.6) is 0 Å². The van der Waals surface area contributed by atoms with E-state index >= 15 is 0 Å². The number of aromatic nitrogens is 2. The summed E-state index contributed by atoms with van der Waals surface area (Å²) in [6, 6.07) is -0.227. The molecule has 2 heterocycles. The summed E-state index contributed by atoms with van der Waals surface area (Å²) >= 11 is 1.27. The number of anilines is 1. The molecule has 15 heavy (non-hydrogen) atoms. The van der Waals surface area contributed by atoms with E-state index in [2.05, 4.69) is 20.8 Å². The first-order valence-corrected chi connectivity index (χ1v) is 5.33. The van der Waals surface area contributed by atoms with Crippen LogP contribution in [0.3, 0.4) is 0 Å². The highest BCUT2D eigenvalue weighted by Gasteiger charge is 2.17. The predicted molar refractivity (Wildman–Crippen MR) is 57.1 cm³/mol. The van der Waals surface area contributed by atoms with E-state index in [1.165, 1.54) is 11.3 Å². The molecular formula is C8H11N5OS. The lowest BCUT2D eigenvalue weighted by molar-refractivity contribution is -0.122. The van der Waals surface area contributed by atoms with Crippen LogP contribution in [-0.2, 0) is 11.3 Å². The first-order chi connectivity index (χ1) is 7.25. The Balaban J connectivity index is 1.82. The van der Waals surface area contributed by atoms with E-state index in [0.29, 0.717) is 16.7 Å². The molecular weight excluding hydrogens is 214 g/mol. The van der Waals surface area contributed by atoms with E-state index in [1.807, 2.05) is 12.2 Å². The molecule has 0 aromatic carbocycles. The van der Waals surface area contributed by atoms with Crippen LogP contribution in [-0.4, -0.2) is 28.7 Å². The van der Waals surface area contributed by atoms with Gasteiger partial charge in [-0.05, 0) is 0 Å². The van der Waals surface area contributed by atoms with Crippen molar-refractivity contribution in [3.63, 3.8) is 0 Å². The smallest absolute Gasteiger partial charge is 0.241 e. The number of rotatable bonds is 3. The van der Waals surface area contributed by atoms with Crippen molar-refractivity contribution in [2.45, 2.75) is 12.6 Å². The number of nitrogen functional groups attached to an aromatic ring is 1. The van der Waals surface area contributed by atoms with E-state index in [-0.39, 0.29) is 11.9 Å². The van der Waals surface area contributed by atoms with Gasteiger partial charge in [0.15, 0.2) is 0 Å². The molecule has 0 saturated heterocycles. The number of hydrogen-bond acceptors (Lipinski definition) is 6. The third-order valence-corrected chi connectivity index (χ3v) is 2.72. The van der Waals surface area contributed by atoms with Gasteiger partial charge in [-0.3, -0.25) is 10.1 Å². The fourth-order valence-corrected chi connectivity index (χ4v) is 1.81. The Labute approximate surface area is 90.6 Å². The molecule has 80 valence electrons. The Bertz CT molecular complexity index is 388. The van der Waals surface area contributed by atoms with Crippen molar-refractivity contribution in [2.75, 3.05) is 12.3 Å². The van der Waals surface area contributed by atoms with E-state index in [4.69, 9.17) is 5.73 Å². The molecule has 2 rings (SSSR count). The zero-order valence-corrected chi connectivity index (χ0v) is 8.75. The van der Waals surface area contributed by atoms with Crippen molar-refractivity contribution in [1.82, 2.24) is 20.8 Å². The average Bonchev–Trinajstić information content (AvgIpc) is 2.84. The standard InChI is InChI=1S/C8H11N5OS/c9-8-13-12-6(15-8)4-11-7(14)5-2-1-3-10-5/h1-2,5,10H,3-4H2,(H2,9,13)(H,11,14). The van der Waals surface area contributed by atoms with Gasteiger partial charge < -0.3 is 11.1 Å². The summed E-state index contributed by atoms with van der Waals surface area (Å²) in [7, 11) is 0. The van der Waals surface area contributed by atoms with Gasteiger partial charge in [-0.2, -0.15) is 0 Å². The molecule has 0 spiro atoms. The van der Waals surface area contributed by atoms with Crippen LogP contribution in [0.25, 0.3) is 0 Å². The molecule has 7 heteroatoms. The average molecular weight is 225 g/mol. The Morgan fingerprint density at radius 3 is 3.20 bits per heavy atom. The number of nitrogens with two attached hydrogens (primary N) is 1. The molecule has 1 unspecified atom stereocenters. The number of nitrogens with zero attached hydrogens (tertiary/aromatic N) is 2. The van der Waals surface area contributed by atoms with Crippen molar-refractivity contribution in [3.8, 4) is 0 Å². The largest absolute Gasteiger partial charge is 0.374 e. The van der Waals surface area contributed by atoms with E-state index in [9.17, 15) is 4.79 Å². The third kappa shape index (κ3) is 2.51. The maximum atomic E-state index is 11.5. The first-order valence-electron chi connectivity index (χ1n) is 4.51. The number of nitrogens with one attached hydrogen (secondary N) is 2. The second-order valence-corrected chi connectivity index (χ2v) is 4.16. The molecule has 0 aliphatic carbocycles. The molecule has 1 amide bonds. The summed E-state index contributed by atoms with van der Waals surface area (Å²) < 4.78 is 0. The molecule has 0 radical (unpaired) electrons. The second kappa shape index (κ2) is 4.37. The van der Waals surface area contributed by atoms with Crippen LogP contribution in [0.15, 0.2) is 12.2 Å². The van der Waals surface area contributed by atoms with Gasteiger partial charge in [-0.15, -0.1) is 10.2 Å². The lowest BCUT2D eigenvalue weighted by Gasteiger charge is -2.08. The van der Waals surface area contributed by atoms with Gasteiger partial charge in [-0.25, -0.2) is 0 Å². The van der Waals surface area contributed by atoms with Crippen LogP contribution in [0.4, 0.5) is 5.13 Å². The monoisotopic (exact) mass is 225 g/mol. The maximum Gasteiger partial charge on any atom is 0.241 e. The number of amides is 1. The minimum absolute atomic E-state index is 0.0579. The lowest BCUT2D eigenvalue weighted by Crippen LogP contribution is -2.40. The van der Waals surface area contributed by atoms with Crippen molar-refractivity contribution >= 4 is 22.4 Å². The van der Waals surface area contributed by atoms with Gasteiger partial charge in [0.2, 0.25) is 11.0 Å². The molecule has 0 saturated carbocycles. The zero-order valence-electron chi connectivity index (χ0n) is 7.93. The van der Waals surface area contributed by atoms with Gasteiger partial charge in [-0.1, -0.05) is 23.5 Å². The molecule has 1 atom stereocenters. The van der Waals surface area contributed by atoms with Gasteiger partial charge >= 0.3 is 0 Å². The summed E-state index contributed by atoms with van der Waals surface area (Å²) in [6.45, 7) is 1.11. The number of hydrogen-bond donors (Lipinski definition) is 3. The minimum Gasteiger partial charge on any atom is -0.374 e. The molecule has 1 aliphatic heterocycles. The molecule has 1 aromatic rings. The van der Waals surface area contributed by atoms with Gasteiger partial charge in [0.25, 0.3) is 0 Å². The van der Waals surface area contributed by atoms with Crippen molar-refractivity contribution in [1.29, 1.82) is 0 Å². The van der Waals surface area contributed by atoms with Crippen LogP contribution in [0.1, 0.15) is 5.01 Å². The van der Waals surface area contributed by atoms with Gasteiger partial charge in [0.1, 0.15) is 11.0 Å². The van der Waals surface area contributed by atoms with E-state index < -0.39 is 0 Å². The Kier molecular flexibility index (Phi) is 2.93. The van der Waals surface area contributed by atoms with Gasteiger partial charge in [0.05, 0.1) is 6.54 Å².